The van der Waals surface area contributed by atoms with E-state index in [-0.39, 0.29) is 28.3 Å². The third-order valence-electron chi connectivity index (χ3n) is 3.85. The third kappa shape index (κ3) is 4.88. The summed E-state index contributed by atoms with van der Waals surface area (Å²) in [4.78, 5) is 12.6. The van der Waals surface area contributed by atoms with Crippen molar-refractivity contribution in [2.75, 3.05) is 19.6 Å². The third-order valence-corrected chi connectivity index (χ3v) is 3.85. The number of carbonyl (C=O) groups is 1. The zero-order chi connectivity index (χ0) is 19.3. The molecule has 1 amide bonds. The van der Waals surface area contributed by atoms with Gasteiger partial charge in [0.05, 0.1) is 11.1 Å². The van der Waals surface area contributed by atoms with Crippen LogP contribution in [-0.4, -0.2) is 35.3 Å². The minimum atomic E-state index is -0.747. The monoisotopic (exact) mass is 364 g/mol. The van der Waals surface area contributed by atoms with E-state index in [1.807, 2.05) is 20.8 Å². The Hall–Kier alpha value is -2.28. The van der Waals surface area contributed by atoms with Crippen molar-refractivity contribution in [3.8, 4) is 11.3 Å². The lowest BCUT2D eigenvalue weighted by atomic mass is 10.1. The SMILES string of the molecule is CCCNCCNC(=O)c1cn(C(C)(C)C)nc1-c1ccc(F)cc1F. The Kier molecular flexibility index (Phi) is 6.47. The summed E-state index contributed by atoms with van der Waals surface area (Å²) in [5.74, 6) is -1.75. The highest BCUT2D eigenvalue weighted by atomic mass is 19.1. The van der Waals surface area contributed by atoms with Crippen LogP contribution >= 0.6 is 0 Å². The number of hydrogen-bond acceptors (Lipinski definition) is 3. The summed E-state index contributed by atoms with van der Waals surface area (Å²) in [6.45, 7) is 9.83. The summed E-state index contributed by atoms with van der Waals surface area (Å²) < 4.78 is 29.1. The van der Waals surface area contributed by atoms with Gasteiger partial charge < -0.3 is 10.6 Å². The Labute approximate surface area is 152 Å². The first-order valence-corrected chi connectivity index (χ1v) is 8.78. The second kappa shape index (κ2) is 8.40. The van der Waals surface area contributed by atoms with E-state index in [9.17, 15) is 13.6 Å². The molecule has 5 nitrogen and oxygen atoms in total. The molecular weight excluding hydrogens is 338 g/mol. The molecule has 2 N–H and O–H groups in total. The molecule has 1 heterocycles. The molecule has 0 atom stereocenters. The summed E-state index contributed by atoms with van der Waals surface area (Å²) in [6, 6.07) is 3.26. The van der Waals surface area contributed by atoms with E-state index in [0.717, 1.165) is 25.1 Å². The van der Waals surface area contributed by atoms with E-state index in [0.29, 0.717) is 13.1 Å². The molecule has 142 valence electrons. The first-order valence-electron chi connectivity index (χ1n) is 8.78. The zero-order valence-corrected chi connectivity index (χ0v) is 15.7. The van der Waals surface area contributed by atoms with Gasteiger partial charge in [-0.15, -0.1) is 0 Å². The number of nitrogens with zero attached hydrogens (tertiary/aromatic N) is 2. The molecule has 0 saturated heterocycles. The topological polar surface area (TPSA) is 58.9 Å². The second-order valence-corrected chi connectivity index (χ2v) is 7.14. The number of hydrogen-bond donors (Lipinski definition) is 2. The summed E-state index contributed by atoms with van der Waals surface area (Å²) >= 11 is 0. The van der Waals surface area contributed by atoms with E-state index >= 15 is 0 Å². The lowest BCUT2D eigenvalue weighted by Gasteiger charge is -2.18. The predicted molar refractivity (Wildman–Crippen MR) is 98.1 cm³/mol. The Morgan fingerprint density at radius 1 is 1.19 bits per heavy atom. The fraction of sp³-hybridized carbons (Fsp3) is 0.474. The predicted octanol–water partition coefficient (Wildman–Crippen LogP) is 3.31. The van der Waals surface area contributed by atoms with Gasteiger partial charge in [-0.3, -0.25) is 9.48 Å². The van der Waals surface area contributed by atoms with Crippen LogP contribution in [0, 0.1) is 11.6 Å². The van der Waals surface area contributed by atoms with Crippen molar-refractivity contribution in [3.63, 3.8) is 0 Å². The van der Waals surface area contributed by atoms with Gasteiger partial charge in [0.2, 0.25) is 0 Å². The van der Waals surface area contributed by atoms with Crippen LogP contribution in [0.4, 0.5) is 8.78 Å². The summed E-state index contributed by atoms with van der Waals surface area (Å²) in [6.07, 6.45) is 2.62. The van der Waals surface area contributed by atoms with Crippen LogP contribution in [0.15, 0.2) is 24.4 Å². The van der Waals surface area contributed by atoms with Crippen LogP contribution in [0.3, 0.4) is 0 Å². The maximum Gasteiger partial charge on any atom is 0.255 e. The van der Waals surface area contributed by atoms with E-state index in [1.165, 1.54) is 6.07 Å². The summed E-state index contributed by atoms with van der Waals surface area (Å²) in [5.41, 5.74) is 0.188. The van der Waals surface area contributed by atoms with Crippen molar-refractivity contribution in [1.29, 1.82) is 0 Å². The highest BCUT2D eigenvalue weighted by Crippen LogP contribution is 2.28. The minimum absolute atomic E-state index is 0.101. The fourth-order valence-corrected chi connectivity index (χ4v) is 2.43. The average Bonchev–Trinajstić information content (AvgIpc) is 3.00. The van der Waals surface area contributed by atoms with E-state index in [2.05, 4.69) is 22.7 Å². The number of rotatable bonds is 7. The van der Waals surface area contributed by atoms with Gasteiger partial charge in [-0.2, -0.15) is 5.10 Å². The van der Waals surface area contributed by atoms with Gasteiger partial charge in [0, 0.05) is 30.9 Å². The van der Waals surface area contributed by atoms with Crippen molar-refractivity contribution in [2.45, 2.75) is 39.7 Å². The van der Waals surface area contributed by atoms with Crippen LogP contribution in [0.25, 0.3) is 11.3 Å². The van der Waals surface area contributed by atoms with Crippen LogP contribution in [0.2, 0.25) is 0 Å². The molecule has 0 bridgehead atoms. The first kappa shape index (κ1) is 20.0. The number of halogens is 2. The second-order valence-electron chi connectivity index (χ2n) is 7.14. The highest BCUT2D eigenvalue weighted by Gasteiger charge is 2.24. The molecule has 26 heavy (non-hydrogen) atoms. The van der Waals surface area contributed by atoms with Crippen molar-refractivity contribution in [1.82, 2.24) is 20.4 Å². The van der Waals surface area contributed by atoms with Crippen molar-refractivity contribution in [3.05, 3.63) is 41.6 Å². The number of aromatic nitrogens is 2. The fourth-order valence-electron chi connectivity index (χ4n) is 2.43. The van der Waals surface area contributed by atoms with Gasteiger partial charge in [0.1, 0.15) is 17.3 Å². The molecule has 2 aromatic rings. The van der Waals surface area contributed by atoms with Crippen LogP contribution in [-0.2, 0) is 5.54 Å². The largest absolute Gasteiger partial charge is 0.351 e. The highest BCUT2D eigenvalue weighted by molar-refractivity contribution is 5.99. The number of nitrogens with one attached hydrogen (secondary N) is 2. The van der Waals surface area contributed by atoms with E-state index < -0.39 is 11.6 Å². The van der Waals surface area contributed by atoms with Crippen LogP contribution < -0.4 is 10.6 Å². The van der Waals surface area contributed by atoms with Crippen molar-refractivity contribution >= 4 is 5.91 Å². The average molecular weight is 364 g/mol. The lowest BCUT2D eigenvalue weighted by molar-refractivity contribution is 0.0954. The smallest absolute Gasteiger partial charge is 0.255 e. The molecule has 2 rings (SSSR count). The number of carbonyl (C=O) groups excluding carboxylic acids is 1. The first-order chi connectivity index (χ1) is 12.2. The molecule has 0 aliphatic carbocycles. The normalized spacial score (nSPS) is 11.6. The molecule has 1 aromatic heterocycles. The van der Waals surface area contributed by atoms with Gasteiger partial charge >= 0.3 is 0 Å². The molecule has 0 aliphatic heterocycles. The van der Waals surface area contributed by atoms with Crippen LogP contribution in [0.5, 0.6) is 0 Å². The quantitative estimate of drug-likeness (QED) is 0.741. The van der Waals surface area contributed by atoms with Crippen molar-refractivity contribution < 1.29 is 13.6 Å². The molecule has 0 spiro atoms. The van der Waals surface area contributed by atoms with Crippen molar-refractivity contribution in [2.24, 2.45) is 0 Å². The molecule has 0 unspecified atom stereocenters. The molecule has 1 aromatic carbocycles. The Morgan fingerprint density at radius 3 is 2.54 bits per heavy atom. The Morgan fingerprint density at radius 2 is 1.92 bits per heavy atom. The lowest BCUT2D eigenvalue weighted by Crippen LogP contribution is -2.32. The van der Waals surface area contributed by atoms with Gasteiger partial charge in [-0.25, -0.2) is 8.78 Å². The Balaban J connectivity index is 2.31. The zero-order valence-electron chi connectivity index (χ0n) is 15.7. The summed E-state index contributed by atoms with van der Waals surface area (Å²) in [5, 5.41) is 10.4. The minimum Gasteiger partial charge on any atom is -0.351 e. The van der Waals surface area contributed by atoms with Crippen LogP contribution in [0.1, 0.15) is 44.5 Å². The molecule has 0 aliphatic rings. The molecule has 0 radical (unpaired) electrons. The Bertz CT molecular complexity index is 765. The molecule has 0 fully saturated rings. The van der Waals surface area contributed by atoms with Gasteiger partial charge in [-0.05, 0) is 45.9 Å². The molecule has 0 saturated carbocycles. The molecule has 7 heteroatoms. The standard InChI is InChI=1S/C19H26F2N4O/c1-5-8-22-9-10-23-18(26)15-12-25(19(2,3)4)24-17(15)14-7-6-13(20)11-16(14)21/h6-7,11-12,22H,5,8-10H2,1-4H3,(H,23,26). The maximum absolute atomic E-state index is 14.2. The van der Waals surface area contributed by atoms with Gasteiger partial charge in [0.15, 0.2) is 0 Å². The molecular formula is C19H26F2N4O. The number of benzene rings is 1. The van der Waals surface area contributed by atoms with Gasteiger partial charge in [-0.1, -0.05) is 6.92 Å². The van der Waals surface area contributed by atoms with E-state index in [1.54, 1.807) is 10.9 Å². The van der Waals surface area contributed by atoms with E-state index in [4.69, 9.17) is 0 Å². The summed E-state index contributed by atoms with van der Waals surface area (Å²) in [7, 11) is 0. The maximum atomic E-state index is 14.2. The van der Waals surface area contributed by atoms with Gasteiger partial charge in [0.25, 0.3) is 5.91 Å². The number of amides is 1.